The molecule has 0 fully saturated rings. The van der Waals surface area contributed by atoms with Crippen molar-refractivity contribution in [1.82, 2.24) is 15.5 Å². The van der Waals surface area contributed by atoms with Crippen LogP contribution in [0.2, 0.25) is 0 Å². The summed E-state index contributed by atoms with van der Waals surface area (Å²) in [5.74, 6) is 1.10. The van der Waals surface area contributed by atoms with Crippen LogP contribution in [0.25, 0.3) is 0 Å². The summed E-state index contributed by atoms with van der Waals surface area (Å²) in [5, 5.41) is 14.1. The summed E-state index contributed by atoms with van der Waals surface area (Å²) in [5.41, 5.74) is 0. The SMILES string of the molecule is C#CCC(NC(=O)N(C)CCCNC)C(=O)O. The van der Waals surface area contributed by atoms with Crippen LogP contribution >= 0.6 is 0 Å². The van der Waals surface area contributed by atoms with E-state index in [1.54, 1.807) is 7.05 Å². The van der Waals surface area contributed by atoms with Crippen molar-refractivity contribution in [2.45, 2.75) is 18.9 Å². The van der Waals surface area contributed by atoms with Crippen molar-refractivity contribution in [3.63, 3.8) is 0 Å². The second-order valence-electron chi connectivity index (χ2n) is 3.63. The van der Waals surface area contributed by atoms with Gasteiger partial charge in [0.05, 0.1) is 0 Å². The van der Waals surface area contributed by atoms with Crippen LogP contribution in [0.3, 0.4) is 0 Å². The first kappa shape index (κ1) is 15.3. The number of carboxylic acid groups (broad SMARTS) is 1. The molecule has 0 radical (unpaired) electrons. The zero-order valence-corrected chi connectivity index (χ0v) is 10.2. The van der Waals surface area contributed by atoms with Crippen LogP contribution in [0.1, 0.15) is 12.8 Å². The van der Waals surface area contributed by atoms with Crippen molar-refractivity contribution in [3.8, 4) is 12.3 Å². The molecule has 1 unspecified atom stereocenters. The molecule has 0 saturated carbocycles. The van der Waals surface area contributed by atoms with Crippen molar-refractivity contribution in [3.05, 3.63) is 0 Å². The Labute approximate surface area is 101 Å². The van der Waals surface area contributed by atoms with Crippen LogP contribution in [0.5, 0.6) is 0 Å². The molecule has 17 heavy (non-hydrogen) atoms. The van der Waals surface area contributed by atoms with Gasteiger partial charge >= 0.3 is 12.0 Å². The highest BCUT2D eigenvalue weighted by molar-refractivity contribution is 5.82. The predicted octanol–water partition coefficient (Wildman–Crippen LogP) is -0.286. The molecule has 0 aromatic rings. The van der Waals surface area contributed by atoms with Gasteiger partial charge in [0.2, 0.25) is 0 Å². The number of urea groups is 1. The summed E-state index contributed by atoms with van der Waals surface area (Å²) in [6.07, 6.45) is 5.81. The van der Waals surface area contributed by atoms with Gasteiger partial charge < -0.3 is 20.6 Å². The molecule has 1 atom stereocenters. The maximum Gasteiger partial charge on any atom is 0.327 e. The van der Waals surface area contributed by atoms with E-state index in [1.807, 2.05) is 7.05 Å². The minimum absolute atomic E-state index is 0.0224. The number of terminal acetylenes is 1. The Morgan fingerprint density at radius 2 is 2.18 bits per heavy atom. The topological polar surface area (TPSA) is 81.7 Å². The molecule has 0 aliphatic carbocycles. The van der Waals surface area contributed by atoms with Crippen LogP contribution in [0, 0.1) is 12.3 Å². The molecule has 6 heteroatoms. The van der Waals surface area contributed by atoms with Gasteiger partial charge in [-0.15, -0.1) is 12.3 Å². The molecule has 0 aliphatic heterocycles. The third kappa shape index (κ3) is 6.43. The molecule has 2 amide bonds. The van der Waals surface area contributed by atoms with Gasteiger partial charge in [-0.25, -0.2) is 9.59 Å². The van der Waals surface area contributed by atoms with E-state index in [1.165, 1.54) is 4.90 Å². The van der Waals surface area contributed by atoms with E-state index in [0.717, 1.165) is 13.0 Å². The molecule has 0 bridgehead atoms. The Balaban J connectivity index is 4.12. The molecule has 6 nitrogen and oxygen atoms in total. The van der Waals surface area contributed by atoms with Crippen molar-refractivity contribution in [2.75, 3.05) is 27.2 Å². The first-order valence-corrected chi connectivity index (χ1v) is 5.35. The average molecular weight is 241 g/mol. The molecule has 0 saturated heterocycles. The number of carbonyl (C=O) groups is 2. The van der Waals surface area contributed by atoms with E-state index in [4.69, 9.17) is 11.5 Å². The minimum atomic E-state index is -1.13. The normalized spacial score (nSPS) is 11.4. The number of rotatable bonds is 7. The molecular weight excluding hydrogens is 222 g/mol. The average Bonchev–Trinajstić information content (AvgIpc) is 2.28. The number of aliphatic carboxylic acids is 1. The molecule has 0 spiro atoms. The molecule has 0 rings (SSSR count). The highest BCUT2D eigenvalue weighted by atomic mass is 16.4. The zero-order chi connectivity index (χ0) is 13.3. The summed E-state index contributed by atoms with van der Waals surface area (Å²) >= 11 is 0. The lowest BCUT2D eigenvalue weighted by molar-refractivity contribution is -0.139. The number of carboxylic acids is 1. The molecule has 0 aromatic heterocycles. The number of hydrogen-bond donors (Lipinski definition) is 3. The molecule has 0 aliphatic rings. The lowest BCUT2D eigenvalue weighted by atomic mass is 10.2. The third-order valence-corrected chi connectivity index (χ3v) is 2.18. The number of nitrogens with zero attached hydrogens (tertiary/aromatic N) is 1. The largest absolute Gasteiger partial charge is 0.480 e. The number of carbonyl (C=O) groups excluding carboxylic acids is 1. The van der Waals surface area contributed by atoms with Gasteiger partial charge in [0.15, 0.2) is 0 Å². The van der Waals surface area contributed by atoms with Crippen LogP contribution in [-0.4, -0.2) is 55.2 Å². The van der Waals surface area contributed by atoms with Gasteiger partial charge in [0.1, 0.15) is 6.04 Å². The van der Waals surface area contributed by atoms with Crippen LogP contribution in [0.15, 0.2) is 0 Å². The van der Waals surface area contributed by atoms with Gasteiger partial charge in [-0.3, -0.25) is 0 Å². The van der Waals surface area contributed by atoms with Crippen molar-refractivity contribution >= 4 is 12.0 Å². The Hall–Kier alpha value is -1.74. The molecule has 0 heterocycles. The first-order valence-electron chi connectivity index (χ1n) is 5.35. The second kappa shape index (κ2) is 8.42. The van der Waals surface area contributed by atoms with Gasteiger partial charge in [-0.1, -0.05) is 0 Å². The summed E-state index contributed by atoms with van der Waals surface area (Å²) in [7, 11) is 3.44. The quantitative estimate of drug-likeness (QED) is 0.423. The fraction of sp³-hybridized carbons (Fsp3) is 0.636. The minimum Gasteiger partial charge on any atom is -0.480 e. The molecule has 3 N–H and O–H groups in total. The highest BCUT2D eigenvalue weighted by Gasteiger charge is 2.20. The summed E-state index contributed by atoms with van der Waals surface area (Å²) in [6.45, 7) is 1.35. The smallest absolute Gasteiger partial charge is 0.327 e. The highest BCUT2D eigenvalue weighted by Crippen LogP contribution is 1.94. The van der Waals surface area contributed by atoms with E-state index in [-0.39, 0.29) is 6.42 Å². The summed E-state index contributed by atoms with van der Waals surface area (Å²) < 4.78 is 0. The van der Waals surface area contributed by atoms with Crippen LogP contribution < -0.4 is 10.6 Å². The van der Waals surface area contributed by atoms with E-state index in [9.17, 15) is 9.59 Å². The van der Waals surface area contributed by atoms with Crippen molar-refractivity contribution < 1.29 is 14.7 Å². The standard InChI is InChI=1S/C11H19N3O3/c1-4-6-9(10(15)16)13-11(17)14(3)8-5-7-12-2/h1,9,12H,5-8H2,2-3H3,(H,13,17)(H,15,16). The van der Waals surface area contributed by atoms with Crippen LogP contribution in [0.4, 0.5) is 4.79 Å². The van der Waals surface area contributed by atoms with Gasteiger partial charge in [0, 0.05) is 20.0 Å². The fourth-order valence-corrected chi connectivity index (χ4v) is 1.17. The second-order valence-corrected chi connectivity index (χ2v) is 3.63. The molecular formula is C11H19N3O3. The van der Waals surface area contributed by atoms with E-state index >= 15 is 0 Å². The van der Waals surface area contributed by atoms with E-state index < -0.39 is 18.0 Å². The van der Waals surface area contributed by atoms with Crippen LogP contribution in [-0.2, 0) is 4.79 Å². The summed E-state index contributed by atoms with van der Waals surface area (Å²) in [4.78, 5) is 23.8. The Morgan fingerprint density at radius 1 is 1.53 bits per heavy atom. The number of amides is 2. The van der Waals surface area contributed by atoms with Gasteiger partial charge in [-0.05, 0) is 20.0 Å². The zero-order valence-electron chi connectivity index (χ0n) is 10.2. The van der Waals surface area contributed by atoms with Crippen molar-refractivity contribution in [1.29, 1.82) is 0 Å². The van der Waals surface area contributed by atoms with E-state index in [0.29, 0.717) is 6.54 Å². The van der Waals surface area contributed by atoms with Gasteiger partial charge in [0.25, 0.3) is 0 Å². The Morgan fingerprint density at radius 3 is 2.65 bits per heavy atom. The Kier molecular flexibility index (Phi) is 7.55. The Bertz CT molecular complexity index is 299. The summed E-state index contributed by atoms with van der Waals surface area (Å²) in [6, 6.07) is -1.46. The fourth-order valence-electron chi connectivity index (χ4n) is 1.17. The monoisotopic (exact) mass is 241 g/mol. The third-order valence-electron chi connectivity index (χ3n) is 2.18. The first-order chi connectivity index (χ1) is 8.02. The molecule has 0 aromatic carbocycles. The molecule has 96 valence electrons. The maximum absolute atomic E-state index is 11.6. The lowest BCUT2D eigenvalue weighted by Gasteiger charge is -2.20. The van der Waals surface area contributed by atoms with Gasteiger partial charge in [-0.2, -0.15) is 0 Å². The number of nitrogens with one attached hydrogen (secondary N) is 2. The maximum atomic E-state index is 11.6. The number of hydrogen-bond acceptors (Lipinski definition) is 3. The van der Waals surface area contributed by atoms with Crippen molar-refractivity contribution in [2.24, 2.45) is 0 Å². The predicted molar refractivity (Wildman–Crippen MR) is 64.6 cm³/mol. The lowest BCUT2D eigenvalue weighted by Crippen LogP contribution is -2.46. The van der Waals surface area contributed by atoms with E-state index in [2.05, 4.69) is 16.6 Å².